The lowest BCUT2D eigenvalue weighted by Crippen LogP contribution is -2.01. The van der Waals surface area contributed by atoms with E-state index in [0.717, 1.165) is 6.07 Å². The van der Waals surface area contributed by atoms with Crippen LogP contribution in [0, 0.1) is 10.1 Å². The van der Waals surface area contributed by atoms with Gasteiger partial charge in [-0.15, -0.1) is 0 Å². The summed E-state index contributed by atoms with van der Waals surface area (Å²) in [6, 6.07) is 1.14. The maximum atomic E-state index is 11.2. The molecule has 0 spiro atoms. The molecule has 0 aliphatic rings. The summed E-state index contributed by atoms with van der Waals surface area (Å²) in [5.74, 6) is -0.643. The summed E-state index contributed by atoms with van der Waals surface area (Å²) in [4.78, 5) is 24.1. The first kappa shape index (κ1) is 10.2. The van der Waals surface area contributed by atoms with Gasteiger partial charge in [-0.1, -0.05) is 0 Å². The third kappa shape index (κ3) is 1.90. The molecule has 0 saturated carbocycles. The van der Waals surface area contributed by atoms with Crippen LogP contribution in [0.25, 0.3) is 0 Å². The van der Waals surface area contributed by atoms with Crippen LogP contribution < -0.4 is 0 Å². The van der Waals surface area contributed by atoms with E-state index in [-0.39, 0.29) is 11.4 Å². The number of carbonyl (C=O) groups is 1. The van der Waals surface area contributed by atoms with Crippen LogP contribution in [0.4, 0.5) is 5.69 Å². The van der Waals surface area contributed by atoms with Crippen molar-refractivity contribution in [2.45, 2.75) is 0 Å². The fourth-order valence-corrected chi connectivity index (χ4v) is 1.04. The third-order valence-electron chi connectivity index (χ3n) is 1.57. The van der Waals surface area contributed by atoms with Gasteiger partial charge in [0, 0.05) is 13.1 Å². The molecule has 0 atom stereocenters. The molecule has 1 aromatic rings. The second-order valence-corrected chi connectivity index (χ2v) is 2.64. The lowest BCUT2D eigenvalue weighted by atomic mass is 10.4. The fourth-order valence-electron chi connectivity index (χ4n) is 0.958. The molecule has 0 aliphatic heterocycles. The Bertz CT molecular complexity index is 445. The van der Waals surface area contributed by atoms with Gasteiger partial charge >= 0.3 is 5.91 Å². The predicted octanol–water partition coefficient (Wildman–Crippen LogP) is 1.18. The molecule has 0 saturated heterocycles. The van der Waals surface area contributed by atoms with Crippen LogP contribution in [0.1, 0.15) is 10.5 Å². The summed E-state index contributed by atoms with van der Waals surface area (Å²) in [6.45, 7) is 0. The van der Waals surface area contributed by atoms with E-state index in [1.165, 1.54) is 17.8 Å². The summed E-state index contributed by atoms with van der Waals surface area (Å²) in [5.41, 5.74) is -0.0514. The van der Waals surface area contributed by atoms with Gasteiger partial charge in [0.25, 0.3) is 5.69 Å². The van der Waals surface area contributed by atoms with E-state index in [4.69, 9.17) is 0 Å². The molecule has 0 bridgehead atoms. The Kier molecular flexibility index (Phi) is 2.85. The Balaban J connectivity index is 3.16. The normalized spacial score (nSPS) is 9.21. The first-order valence-corrected chi connectivity index (χ1v) is 3.90. The molecule has 0 fully saturated rings. The van der Waals surface area contributed by atoms with E-state index in [1.54, 1.807) is 0 Å². The Labute approximate surface area is 84.0 Å². The highest BCUT2D eigenvalue weighted by Gasteiger charge is 2.16. The second kappa shape index (κ2) is 3.91. The second-order valence-electron chi connectivity index (χ2n) is 2.46. The Morgan fingerprint density at radius 2 is 2.43 bits per heavy atom. The SMILES string of the molecule is Cn1cc([N+](=O)[O-])cc1C(=O)N=C=S. The molecule has 1 rings (SSSR count). The highest BCUT2D eigenvalue weighted by atomic mass is 32.1. The minimum atomic E-state index is -0.643. The number of carbonyl (C=O) groups excluding carboxylic acids is 1. The van der Waals surface area contributed by atoms with Crippen molar-refractivity contribution in [1.82, 2.24) is 4.57 Å². The van der Waals surface area contributed by atoms with Gasteiger partial charge in [-0.2, -0.15) is 4.99 Å². The van der Waals surface area contributed by atoms with Crippen LogP contribution in [0.3, 0.4) is 0 Å². The monoisotopic (exact) mass is 211 g/mol. The van der Waals surface area contributed by atoms with Gasteiger partial charge in [-0.25, -0.2) is 0 Å². The highest BCUT2D eigenvalue weighted by molar-refractivity contribution is 7.78. The molecule has 14 heavy (non-hydrogen) atoms. The van der Waals surface area contributed by atoms with Crippen molar-refractivity contribution in [2.75, 3.05) is 0 Å². The molecule has 1 amide bonds. The van der Waals surface area contributed by atoms with Gasteiger partial charge in [-0.3, -0.25) is 14.9 Å². The van der Waals surface area contributed by atoms with Crippen LogP contribution >= 0.6 is 12.2 Å². The quantitative estimate of drug-likeness (QED) is 0.318. The average Bonchev–Trinajstić information content (AvgIpc) is 2.48. The number of aliphatic imine (C=N–C) groups is 1. The molecule has 7 heteroatoms. The molecule has 1 aromatic heterocycles. The van der Waals surface area contributed by atoms with Crippen molar-refractivity contribution in [3.8, 4) is 0 Å². The van der Waals surface area contributed by atoms with Gasteiger partial charge in [-0.05, 0) is 12.2 Å². The maximum absolute atomic E-state index is 11.2. The van der Waals surface area contributed by atoms with Crippen molar-refractivity contribution in [2.24, 2.45) is 12.0 Å². The molecular formula is C7H5N3O3S. The Hall–Kier alpha value is -1.85. The zero-order chi connectivity index (χ0) is 10.7. The smallest absolute Gasteiger partial charge is 0.302 e. The van der Waals surface area contributed by atoms with E-state index >= 15 is 0 Å². The van der Waals surface area contributed by atoms with E-state index in [2.05, 4.69) is 17.2 Å². The zero-order valence-electron chi connectivity index (χ0n) is 7.13. The molecule has 0 aromatic carbocycles. The summed E-state index contributed by atoms with van der Waals surface area (Å²) >= 11 is 4.25. The first-order chi connectivity index (χ1) is 6.56. The van der Waals surface area contributed by atoms with Gasteiger partial charge in [0.2, 0.25) is 0 Å². The summed E-state index contributed by atoms with van der Waals surface area (Å²) < 4.78 is 1.32. The first-order valence-electron chi connectivity index (χ1n) is 3.49. The molecule has 72 valence electrons. The van der Waals surface area contributed by atoms with E-state index in [0.29, 0.717) is 0 Å². The Morgan fingerprint density at radius 1 is 1.79 bits per heavy atom. The van der Waals surface area contributed by atoms with Crippen molar-refractivity contribution >= 4 is 29.0 Å². The molecule has 0 radical (unpaired) electrons. The van der Waals surface area contributed by atoms with Crippen molar-refractivity contribution in [3.05, 3.63) is 28.1 Å². The molecule has 0 aliphatic carbocycles. The molecule has 1 heterocycles. The van der Waals surface area contributed by atoms with E-state index in [9.17, 15) is 14.9 Å². The maximum Gasteiger partial charge on any atom is 0.302 e. The van der Waals surface area contributed by atoms with Gasteiger partial charge in [0.15, 0.2) is 0 Å². The number of rotatable bonds is 2. The van der Waals surface area contributed by atoms with Crippen LogP contribution in [0.5, 0.6) is 0 Å². The van der Waals surface area contributed by atoms with Crippen LogP contribution in [-0.4, -0.2) is 20.6 Å². The number of aryl methyl sites for hydroxylation is 1. The number of nitro groups is 1. The van der Waals surface area contributed by atoms with Crippen LogP contribution in [-0.2, 0) is 7.05 Å². The topological polar surface area (TPSA) is 77.5 Å². The molecular weight excluding hydrogens is 206 g/mol. The largest absolute Gasteiger partial charge is 0.340 e. The van der Waals surface area contributed by atoms with E-state index < -0.39 is 10.8 Å². The van der Waals surface area contributed by atoms with Crippen LogP contribution in [0.15, 0.2) is 17.3 Å². The summed E-state index contributed by atoms with van der Waals surface area (Å²) in [7, 11) is 1.51. The number of hydrogen-bond donors (Lipinski definition) is 0. The van der Waals surface area contributed by atoms with Gasteiger partial charge < -0.3 is 4.57 Å². The molecule has 0 N–H and O–H groups in total. The summed E-state index contributed by atoms with van der Waals surface area (Å²) in [5, 5.41) is 12.3. The van der Waals surface area contributed by atoms with Crippen LogP contribution in [0.2, 0.25) is 0 Å². The standard InChI is InChI=1S/C7H5N3O3S/c1-9-3-5(10(12)13)2-6(9)7(11)8-4-14/h2-3H,1H3. The average molecular weight is 211 g/mol. The van der Waals surface area contributed by atoms with Crippen molar-refractivity contribution < 1.29 is 9.72 Å². The number of nitrogens with zero attached hydrogens (tertiary/aromatic N) is 3. The number of amides is 1. The fraction of sp³-hybridized carbons (Fsp3) is 0.143. The number of aromatic nitrogens is 1. The van der Waals surface area contributed by atoms with Crippen molar-refractivity contribution in [1.29, 1.82) is 0 Å². The molecule has 0 unspecified atom stereocenters. The minimum Gasteiger partial charge on any atom is -0.340 e. The van der Waals surface area contributed by atoms with Gasteiger partial charge in [0.05, 0.1) is 16.3 Å². The van der Waals surface area contributed by atoms with E-state index in [1.807, 2.05) is 5.16 Å². The summed E-state index contributed by atoms with van der Waals surface area (Å²) in [6.07, 6.45) is 1.23. The molecule has 6 nitrogen and oxygen atoms in total. The minimum absolute atomic E-state index is 0.106. The third-order valence-corrected chi connectivity index (χ3v) is 1.66. The zero-order valence-corrected chi connectivity index (χ0v) is 7.95. The lowest BCUT2D eigenvalue weighted by molar-refractivity contribution is -0.384. The number of isothiocyanates is 1. The number of hydrogen-bond acceptors (Lipinski definition) is 4. The lowest BCUT2D eigenvalue weighted by Gasteiger charge is -1.92. The Morgan fingerprint density at radius 3 is 2.86 bits per heavy atom. The highest BCUT2D eigenvalue weighted by Crippen LogP contribution is 2.15. The predicted molar refractivity (Wildman–Crippen MR) is 51.4 cm³/mol. The van der Waals surface area contributed by atoms with Crippen molar-refractivity contribution in [3.63, 3.8) is 0 Å². The van der Waals surface area contributed by atoms with Gasteiger partial charge in [0.1, 0.15) is 5.69 Å². The number of thiocarbonyl (C=S) groups is 1.